The lowest BCUT2D eigenvalue weighted by Crippen LogP contribution is -2.27. The Bertz CT molecular complexity index is 818. The predicted molar refractivity (Wildman–Crippen MR) is 91.3 cm³/mol. The van der Waals surface area contributed by atoms with Crippen molar-refractivity contribution in [3.63, 3.8) is 0 Å². The highest BCUT2D eigenvalue weighted by atomic mass is 79.9. The molecule has 0 bridgehead atoms. The maximum Gasteiger partial charge on any atom is 0.298 e. The molecule has 0 spiro atoms. The van der Waals surface area contributed by atoms with Crippen LogP contribution in [0.25, 0.3) is 6.08 Å². The zero-order chi connectivity index (χ0) is 15.9. The first-order valence-corrected chi connectivity index (χ1v) is 8.30. The van der Waals surface area contributed by atoms with Crippen LogP contribution in [0.1, 0.15) is 5.76 Å². The van der Waals surface area contributed by atoms with Gasteiger partial charge in [-0.25, -0.2) is 4.90 Å². The van der Waals surface area contributed by atoms with Crippen molar-refractivity contribution < 1.29 is 14.0 Å². The lowest BCUT2D eigenvalue weighted by atomic mass is 10.3. The summed E-state index contributed by atoms with van der Waals surface area (Å²) < 4.78 is 5.86. The Kier molecular flexibility index (Phi) is 4.36. The van der Waals surface area contributed by atoms with E-state index in [1.54, 1.807) is 18.2 Å². The lowest BCUT2D eigenvalue weighted by molar-refractivity contribution is -0.113. The van der Waals surface area contributed by atoms with Gasteiger partial charge in [-0.2, -0.15) is 0 Å². The predicted octanol–water partition coefficient (Wildman–Crippen LogP) is 5.59. The fourth-order valence-corrected chi connectivity index (χ4v) is 3.28. The van der Waals surface area contributed by atoms with Crippen molar-refractivity contribution in [1.29, 1.82) is 0 Å². The second kappa shape index (κ2) is 6.12. The van der Waals surface area contributed by atoms with Gasteiger partial charge in [0.2, 0.25) is 0 Å². The minimum absolute atomic E-state index is 0.275. The Morgan fingerprint density at radius 3 is 2.55 bits per heavy atom. The average molecular weight is 419 g/mol. The molecule has 0 atom stereocenters. The highest BCUT2D eigenvalue weighted by Crippen LogP contribution is 2.37. The normalized spacial score (nSPS) is 16.9. The molecule has 0 saturated carbocycles. The van der Waals surface area contributed by atoms with Crippen LogP contribution in [0.15, 0.2) is 44.3 Å². The Morgan fingerprint density at radius 1 is 1.14 bits per heavy atom. The number of furan rings is 1. The van der Waals surface area contributed by atoms with E-state index in [4.69, 9.17) is 27.6 Å². The average Bonchev–Trinajstić information content (AvgIpc) is 2.98. The molecule has 1 aromatic heterocycles. The van der Waals surface area contributed by atoms with E-state index >= 15 is 0 Å². The summed E-state index contributed by atoms with van der Waals surface area (Å²) >= 11 is 15.8. The molecular formula is C14H6BrCl2NO3S. The highest BCUT2D eigenvalue weighted by molar-refractivity contribution is 9.10. The number of nitrogens with zero attached hydrogens (tertiary/aromatic N) is 1. The van der Waals surface area contributed by atoms with Crippen LogP contribution in [-0.2, 0) is 4.79 Å². The molecule has 2 aromatic rings. The van der Waals surface area contributed by atoms with E-state index in [1.165, 1.54) is 18.2 Å². The van der Waals surface area contributed by atoms with Crippen LogP contribution in [0.3, 0.4) is 0 Å². The summed E-state index contributed by atoms with van der Waals surface area (Å²) in [4.78, 5) is 25.8. The van der Waals surface area contributed by atoms with E-state index in [9.17, 15) is 9.59 Å². The van der Waals surface area contributed by atoms with E-state index in [0.717, 1.165) is 16.7 Å². The summed E-state index contributed by atoms with van der Waals surface area (Å²) in [5, 5.41) is 0.228. The summed E-state index contributed by atoms with van der Waals surface area (Å²) in [7, 11) is 0. The zero-order valence-electron chi connectivity index (χ0n) is 10.7. The van der Waals surface area contributed by atoms with E-state index in [-0.39, 0.29) is 9.93 Å². The third kappa shape index (κ3) is 2.96. The van der Waals surface area contributed by atoms with Crippen molar-refractivity contribution >= 4 is 73.8 Å². The fraction of sp³-hybridized carbons (Fsp3) is 0. The number of rotatable bonds is 2. The number of hydrogen-bond acceptors (Lipinski definition) is 4. The third-order valence-electron chi connectivity index (χ3n) is 2.82. The number of imide groups is 1. The van der Waals surface area contributed by atoms with Crippen molar-refractivity contribution in [3.8, 4) is 0 Å². The van der Waals surface area contributed by atoms with Crippen molar-refractivity contribution in [2.24, 2.45) is 0 Å². The smallest absolute Gasteiger partial charge is 0.298 e. The maximum absolute atomic E-state index is 12.4. The van der Waals surface area contributed by atoms with Crippen LogP contribution >= 0.6 is 50.9 Å². The van der Waals surface area contributed by atoms with Gasteiger partial charge in [0, 0.05) is 6.08 Å². The molecule has 1 aliphatic rings. The Balaban J connectivity index is 1.94. The first-order chi connectivity index (χ1) is 10.5. The minimum Gasteiger partial charge on any atom is -0.450 e. The molecule has 1 saturated heterocycles. The van der Waals surface area contributed by atoms with Gasteiger partial charge in [0.05, 0.1) is 20.6 Å². The van der Waals surface area contributed by atoms with E-state index < -0.39 is 11.1 Å². The molecule has 2 amide bonds. The Morgan fingerprint density at radius 2 is 1.91 bits per heavy atom. The topological polar surface area (TPSA) is 50.5 Å². The molecule has 22 heavy (non-hydrogen) atoms. The molecule has 0 radical (unpaired) electrons. The molecule has 1 aliphatic heterocycles. The van der Waals surface area contributed by atoms with Crippen LogP contribution < -0.4 is 4.90 Å². The molecule has 1 aromatic carbocycles. The van der Waals surface area contributed by atoms with E-state index in [2.05, 4.69) is 15.9 Å². The van der Waals surface area contributed by atoms with Gasteiger partial charge in [-0.3, -0.25) is 9.59 Å². The molecule has 0 unspecified atom stereocenters. The number of carbonyl (C=O) groups excluding carboxylic acids is 2. The van der Waals surface area contributed by atoms with E-state index in [0.29, 0.717) is 21.1 Å². The summed E-state index contributed by atoms with van der Waals surface area (Å²) in [5.41, 5.74) is 0.376. The van der Waals surface area contributed by atoms with Crippen LogP contribution in [0.4, 0.5) is 10.5 Å². The van der Waals surface area contributed by atoms with Crippen molar-refractivity contribution in [2.75, 3.05) is 4.90 Å². The van der Waals surface area contributed by atoms with Gasteiger partial charge in [0.1, 0.15) is 5.76 Å². The monoisotopic (exact) mass is 417 g/mol. The number of halogens is 3. The maximum atomic E-state index is 12.4. The van der Waals surface area contributed by atoms with Crippen LogP contribution in [-0.4, -0.2) is 11.1 Å². The molecule has 8 heteroatoms. The van der Waals surface area contributed by atoms with Crippen LogP contribution in [0.5, 0.6) is 0 Å². The summed E-state index contributed by atoms with van der Waals surface area (Å²) in [6.45, 7) is 0. The quantitative estimate of drug-likeness (QED) is 0.596. The second-order valence-corrected chi connectivity index (χ2v) is 6.85. The van der Waals surface area contributed by atoms with Gasteiger partial charge >= 0.3 is 0 Å². The third-order valence-corrected chi connectivity index (χ3v) is 4.86. The first kappa shape index (κ1) is 15.7. The van der Waals surface area contributed by atoms with Gasteiger partial charge < -0.3 is 4.42 Å². The molecule has 2 heterocycles. The SMILES string of the molecule is O=C1S/C(=C\c2ccc(Br)o2)C(=O)N1c1ccc(Cl)c(Cl)c1. The molecule has 1 fully saturated rings. The van der Waals surface area contributed by atoms with E-state index in [1.807, 2.05) is 0 Å². The highest BCUT2D eigenvalue weighted by Gasteiger charge is 2.36. The van der Waals surface area contributed by atoms with Crippen molar-refractivity contribution in [1.82, 2.24) is 0 Å². The number of carbonyl (C=O) groups is 2. The second-order valence-electron chi connectivity index (χ2n) is 4.26. The van der Waals surface area contributed by atoms with Gasteiger partial charge in [-0.15, -0.1) is 0 Å². The minimum atomic E-state index is -0.430. The van der Waals surface area contributed by atoms with Gasteiger partial charge in [0.25, 0.3) is 11.1 Å². The molecule has 0 N–H and O–H groups in total. The number of thioether (sulfide) groups is 1. The number of amides is 2. The van der Waals surface area contributed by atoms with Crippen LogP contribution in [0.2, 0.25) is 10.0 Å². The Hall–Kier alpha value is -1.21. The zero-order valence-corrected chi connectivity index (χ0v) is 14.6. The number of benzene rings is 1. The van der Waals surface area contributed by atoms with Crippen molar-refractivity contribution in [2.45, 2.75) is 0 Å². The number of anilines is 1. The number of hydrogen-bond donors (Lipinski definition) is 0. The van der Waals surface area contributed by atoms with Gasteiger partial charge in [-0.1, -0.05) is 23.2 Å². The van der Waals surface area contributed by atoms with Crippen LogP contribution in [0, 0.1) is 0 Å². The molecular weight excluding hydrogens is 413 g/mol. The standard InChI is InChI=1S/C14H6BrCl2NO3S/c15-12-4-2-8(21-12)6-11-13(19)18(14(20)22-11)7-1-3-9(16)10(17)5-7/h1-6H/b11-6-. The Labute approximate surface area is 148 Å². The molecule has 0 aliphatic carbocycles. The molecule has 112 valence electrons. The first-order valence-electron chi connectivity index (χ1n) is 5.94. The lowest BCUT2D eigenvalue weighted by Gasteiger charge is -2.12. The summed E-state index contributed by atoms with van der Waals surface area (Å²) in [6.07, 6.45) is 1.52. The molecule has 3 rings (SSSR count). The molecule has 4 nitrogen and oxygen atoms in total. The van der Waals surface area contributed by atoms with Gasteiger partial charge in [0.15, 0.2) is 4.67 Å². The largest absolute Gasteiger partial charge is 0.450 e. The summed E-state index contributed by atoms with van der Waals surface area (Å²) in [5.74, 6) is 0.0485. The summed E-state index contributed by atoms with van der Waals surface area (Å²) in [6, 6.07) is 7.98. The van der Waals surface area contributed by atoms with Crippen molar-refractivity contribution in [3.05, 3.63) is 55.7 Å². The fourth-order valence-electron chi connectivity index (χ4n) is 1.85. The van der Waals surface area contributed by atoms with Gasteiger partial charge in [-0.05, 0) is 58.0 Å².